The molecule has 1 aliphatic rings. The Kier molecular flexibility index (Phi) is 9.84. The molecule has 5 nitrogen and oxygen atoms in total. The van der Waals surface area contributed by atoms with Gasteiger partial charge in [-0.2, -0.15) is 0 Å². The summed E-state index contributed by atoms with van der Waals surface area (Å²) in [7, 11) is 1.46. The van der Waals surface area contributed by atoms with E-state index in [2.05, 4.69) is 22.8 Å². The van der Waals surface area contributed by atoms with Gasteiger partial charge >= 0.3 is 0 Å². The van der Waals surface area contributed by atoms with Crippen LogP contribution in [0.25, 0.3) is 0 Å². The first-order chi connectivity index (χ1) is 14.1. The van der Waals surface area contributed by atoms with E-state index in [1.165, 1.54) is 18.7 Å². The average Bonchev–Trinajstić information content (AvgIpc) is 3.21. The maximum absolute atomic E-state index is 14.0. The zero-order chi connectivity index (χ0) is 20.6. The van der Waals surface area contributed by atoms with Gasteiger partial charge in [0.2, 0.25) is 0 Å². The number of methoxy groups -OCH3 is 1. The Morgan fingerprint density at radius 1 is 1.27 bits per heavy atom. The van der Waals surface area contributed by atoms with Crippen molar-refractivity contribution in [1.29, 1.82) is 0 Å². The minimum Gasteiger partial charge on any atom is -0.494 e. The maximum Gasteiger partial charge on any atom is 0.191 e. The van der Waals surface area contributed by atoms with Gasteiger partial charge in [-0.05, 0) is 43.5 Å². The molecule has 2 aromatic rings. The number of halogens is 2. The molecule has 7 heteroatoms. The Bertz CT molecular complexity index is 819. The lowest BCUT2D eigenvalue weighted by molar-refractivity contribution is 0.0925. The molecule has 0 bridgehead atoms. The lowest BCUT2D eigenvalue weighted by Crippen LogP contribution is -2.39. The van der Waals surface area contributed by atoms with E-state index in [0.29, 0.717) is 12.5 Å². The molecular formula is C23H31FIN3O2. The molecule has 0 aromatic heterocycles. The largest absolute Gasteiger partial charge is 0.494 e. The molecule has 3 atom stereocenters. The normalized spacial score (nSPS) is 19.7. The van der Waals surface area contributed by atoms with Crippen LogP contribution >= 0.6 is 24.0 Å². The number of benzene rings is 2. The first-order valence-electron chi connectivity index (χ1n) is 10.2. The number of ether oxygens (including phenoxy) is 2. The molecule has 30 heavy (non-hydrogen) atoms. The molecule has 1 aliphatic heterocycles. The zero-order valence-corrected chi connectivity index (χ0v) is 20.1. The van der Waals surface area contributed by atoms with Gasteiger partial charge in [-0.3, -0.25) is 4.99 Å². The number of hydrogen-bond acceptors (Lipinski definition) is 3. The van der Waals surface area contributed by atoms with E-state index in [4.69, 9.17) is 14.5 Å². The van der Waals surface area contributed by atoms with Gasteiger partial charge in [0.1, 0.15) is 0 Å². The smallest absolute Gasteiger partial charge is 0.191 e. The Morgan fingerprint density at radius 3 is 2.70 bits per heavy atom. The molecule has 2 N–H and O–H groups in total. The van der Waals surface area contributed by atoms with E-state index in [-0.39, 0.29) is 47.7 Å². The third-order valence-corrected chi connectivity index (χ3v) is 5.20. The van der Waals surface area contributed by atoms with Crippen molar-refractivity contribution in [2.24, 2.45) is 10.9 Å². The summed E-state index contributed by atoms with van der Waals surface area (Å²) >= 11 is 0. The van der Waals surface area contributed by atoms with Crippen LogP contribution in [-0.2, 0) is 4.74 Å². The van der Waals surface area contributed by atoms with Crippen LogP contribution in [0.15, 0.2) is 53.5 Å². The fourth-order valence-electron chi connectivity index (χ4n) is 3.60. The first kappa shape index (κ1) is 24.4. The van der Waals surface area contributed by atoms with Gasteiger partial charge in [-0.25, -0.2) is 4.39 Å². The summed E-state index contributed by atoms with van der Waals surface area (Å²) in [5, 5.41) is 6.65. The fourth-order valence-corrected chi connectivity index (χ4v) is 3.60. The van der Waals surface area contributed by atoms with Crippen LogP contribution in [0.4, 0.5) is 4.39 Å². The minimum absolute atomic E-state index is 0. The third-order valence-electron chi connectivity index (χ3n) is 5.20. The van der Waals surface area contributed by atoms with Crippen molar-refractivity contribution < 1.29 is 13.9 Å². The standard InChI is InChI=1S/C23H30FN3O2.HI/c1-4-25-23(27-16(2)18-10-11-21(28-3)20(24)14-18)26-15-19-12-13-29-22(19)17-8-6-5-7-9-17;/h5-11,14,16,19,22H,4,12-13,15H2,1-3H3,(H2,25,26,27);1H. The number of hydrogen-bond donors (Lipinski definition) is 2. The van der Waals surface area contributed by atoms with Gasteiger partial charge in [0.05, 0.1) is 19.3 Å². The highest BCUT2D eigenvalue weighted by molar-refractivity contribution is 14.0. The molecule has 0 amide bonds. The summed E-state index contributed by atoms with van der Waals surface area (Å²) in [5.41, 5.74) is 2.03. The predicted molar refractivity (Wildman–Crippen MR) is 129 cm³/mol. The van der Waals surface area contributed by atoms with E-state index in [1.807, 2.05) is 38.1 Å². The van der Waals surface area contributed by atoms with Gasteiger partial charge in [0.25, 0.3) is 0 Å². The van der Waals surface area contributed by atoms with Crippen molar-refractivity contribution >= 4 is 29.9 Å². The molecule has 1 fully saturated rings. The van der Waals surface area contributed by atoms with Crippen LogP contribution in [0.1, 0.15) is 43.5 Å². The topological polar surface area (TPSA) is 54.9 Å². The lowest BCUT2D eigenvalue weighted by atomic mass is 9.95. The Morgan fingerprint density at radius 2 is 2.03 bits per heavy atom. The van der Waals surface area contributed by atoms with Crippen molar-refractivity contribution in [3.8, 4) is 5.75 Å². The molecule has 164 valence electrons. The van der Waals surface area contributed by atoms with Crippen molar-refractivity contribution in [2.75, 3.05) is 26.8 Å². The zero-order valence-electron chi connectivity index (χ0n) is 17.7. The molecule has 1 heterocycles. The van der Waals surface area contributed by atoms with Crippen LogP contribution in [0.2, 0.25) is 0 Å². The van der Waals surface area contributed by atoms with E-state index in [0.717, 1.165) is 31.1 Å². The highest BCUT2D eigenvalue weighted by atomic mass is 127. The molecule has 0 radical (unpaired) electrons. The van der Waals surface area contributed by atoms with Crippen molar-refractivity contribution in [1.82, 2.24) is 10.6 Å². The summed E-state index contributed by atoms with van der Waals surface area (Å²) in [4.78, 5) is 4.79. The number of nitrogens with one attached hydrogen (secondary N) is 2. The van der Waals surface area contributed by atoms with E-state index >= 15 is 0 Å². The summed E-state index contributed by atoms with van der Waals surface area (Å²) < 4.78 is 25.0. The second-order valence-electron chi connectivity index (χ2n) is 7.23. The predicted octanol–water partition coefficient (Wildman–Crippen LogP) is 4.85. The molecule has 3 rings (SSSR count). The van der Waals surface area contributed by atoms with Crippen LogP contribution in [0, 0.1) is 11.7 Å². The van der Waals surface area contributed by atoms with E-state index < -0.39 is 0 Å². The Hall–Kier alpha value is -1.87. The second kappa shape index (κ2) is 12.1. The van der Waals surface area contributed by atoms with E-state index in [9.17, 15) is 4.39 Å². The molecule has 0 saturated carbocycles. The average molecular weight is 527 g/mol. The van der Waals surface area contributed by atoms with Gasteiger partial charge in [-0.15, -0.1) is 24.0 Å². The highest BCUT2D eigenvalue weighted by Gasteiger charge is 2.29. The van der Waals surface area contributed by atoms with Crippen molar-refractivity contribution in [3.63, 3.8) is 0 Å². The molecule has 1 saturated heterocycles. The molecule has 2 aromatic carbocycles. The maximum atomic E-state index is 14.0. The summed E-state index contributed by atoms with van der Waals surface area (Å²) in [6.45, 7) is 6.18. The van der Waals surface area contributed by atoms with Crippen LogP contribution in [0.3, 0.4) is 0 Å². The molecule has 3 unspecified atom stereocenters. The molecular weight excluding hydrogens is 496 g/mol. The number of guanidine groups is 1. The number of nitrogens with zero attached hydrogens (tertiary/aromatic N) is 1. The highest BCUT2D eigenvalue weighted by Crippen LogP contribution is 2.34. The Labute approximate surface area is 195 Å². The van der Waals surface area contributed by atoms with Gasteiger partial charge in [0.15, 0.2) is 17.5 Å². The number of aliphatic imine (C=N–C) groups is 1. The SMILES string of the molecule is CCNC(=NCC1CCOC1c1ccccc1)NC(C)c1ccc(OC)c(F)c1.I. The van der Waals surface area contributed by atoms with Crippen LogP contribution in [-0.4, -0.2) is 32.8 Å². The lowest BCUT2D eigenvalue weighted by Gasteiger charge is -2.21. The monoisotopic (exact) mass is 527 g/mol. The van der Waals surface area contributed by atoms with Gasteiger partial charge < -0.3 is 20.1 Å². The van der Waals surface area contributed by atoms with Crippen molar-refractivity contribution in [2.45, 2.75) is 32.4 Å². The van der Waals surface area contributed by atoms with Crippen molar-refractivity contribution in [3.05, 3.63) is 65.5 Å². The minimum atomic E-state index is -0.366. The van der Waals surface area contributed by atoms with Crippen LogP contribution in [0.5, 0.6) is 5.75 Å². The van der Waals surface area contributed by atoms with E-state index in [1.54, 1.807) is 6.07 Å². The second-order valence-corrected chi connectivity index (χ2v) is 7.23. The molecule has 0 aliphatic carbocycles. The molecule has 0 spiro atoms. The first-order valence-corrected chi connectivity index (χ1v) is 10.2. The van der Waals surface area contributed by atoms with Crippen LogP contribution < -0.4 is 15.4 Å². The third kappa shape index (κ3) is 6.31. The Balaban J connectivity index is 0.00000320. The fraction of sp³-hybridized carbons (Fsp3) is 0.435. The quantitative estimate of drug-likeness (QED) is 0.307. The number of rotatable bonds is 7. The van der Waals surface area contributed by atoms with Gasteiger partial charge in [0, 0.05) is 25.6 Å². The summed E-state index contributed by atoms with van der Waals surface area (Å²) in [6, 6.07) is 15.2. The summed E-state index contributed by atoms with van der Waals surface area (Å²) in [6.07, 6.45) is 1.07. The summed E-state index contributed by atoms with van der Waals surface area (Å²) in [5.74, 6) is 0.931. The van der Waals surface area contributed by atoms with Gasteiger partial charge in [-0.1, -0.05) is 36.4 Å².